The van der Waals surface area contributed by atoms with Gasteiger partial charge in [-0.1, -0.05) is 22.9 Å². The molecule has 1 aromatic heterocycles. The van der Waals surface area contributed by atoms with Crippen molar-refractivity contribution in [1.82, 2.24) is 14.6 Å². The minimum atomic E-state index is -3.23. The molecule has 0 spiro atoms. The molecule has 0 radical (unpaired) electrons. The van der Waals surface area contributed by atoms with Crippen LogP contribution in [0.2, 0.25) is 0 Å². The summed E-state index contributed by atoms with van der Waals surface area (Å²) in [6, 6.07) is 10.6. The average molecular weight is 482 g/mol. The van der Waals surface area contributed by atoms with Gasteiger partial charge in [0.15, 0.2) is 0 Å². The standard InChI is InChI=1S/C20H24BrN3O4S/c1-2-13-29(26,27)23-17-9-11-24(12-10-17)20(25)15-3-8-19(22-14-15)28-18-6-4-16(21)5-7-18/h3-8,14,17,23H,2,9-13H2,1H3. The Balaban J connectivity index is 1.54. The second-order valence-corrected chi connectivity index (χ2v) is 9.73. The Morgan fingerprint density at radius 2 is 1.90 bits per heavy atom. The highest BCUT2D eigenvalue weighted by Gasteiger charge is 2.26. The first kappa shape index (κ1) is 21.7. The van der Waals surface area contributed by atoms with Gasteiger partial charge in [-0.2, -0.15) is 0 Å². The summed E-state index contributed by atoms with van der Waals surface area (Å²) in [6.45, 7) is 2.86. The van der Waals surface area contributed by atoms with Gasteiger partial charge in [0.05, 0.1) is 11.3 Å². The van der Waals surface area contributed by atoms with E-state index in [9.17, 15) is 13.2 Å². The summed E-state index contributed by atoms with van der Waals surface area (Å²) in [5.74, 6) is 1.09. The van der Waals surface area contributed by atoms with E-state index in [4.69, 9.17) is 4.74 Å². The molecule has 0 bridgehead atoms. The fourth-order valence-electron chi connectivity index (χ4n) is 3.16. The summed E-state index contributed by atoms with van der Waals surface area (Å²) in [5.41, 5.74) is 0.484. The van der Waals surface area contributed by atoms with E-state index in [0.717, 1.165) is 4.47 Å². The molecule has 3 rings (SSSR count). The molecule has 7 nitrogen and oxygen atoms in total. The Bertz CT molecular complexity index is 925. The molecule has 9 heteroatoms. The van der Waals surface area contributed by atoms with Crippen LogP contribution in [-0.4, -0.2) is 49.1 Å². The number of halogens is 1. The van der Waals surface area contributed by atoms with Gasteiger partial charge in [0.2, 0.25) is 15.9 Å². The lowest BCUT2D eigenvalue weighted by Gasteiger charge is -2.32. The number of nitrogens with one attached hydrogen (secondary N) is 1. The van der Waals surface area contributed by atoms with Crippen molar-refractivity contribution < 1.29 is 17.9 Å². The van der Waals surface area contributed by atoms with Crippen LogP contribution in [0.25, 0.3) is 0 Å². The van der Waals surface area contributed by atoms with E-state index in [1.165, 1.54) is 6.20 Å². The molecule has 0 saturated carbocycles. The Hall–Kier alpha value is -1.97. The molecular weight excluding hydrogens is 458 g/mol. The van der Waals surface area contributed by atoms with Crippen molar-refractivity contribution in [3.8, 4) is 11.6 Å². The fraction of sp³-hybridized carbons (Fsp3) is 0.400. The molecule has 1 saturated heterocycles. The molecular formula is C20H24BrN3O4S. The molecule has 1 amide bonds. The van der Waals surface area contributed by atoms with E-state index >= 15 is 0 Å². The first-order chi connectivity index (χ1) is 13.9. The van der Waals surface area contributed by atoms with Gasteiger partial charge >= 0.3 is 0 Å². The third-order valence-corrected chi connectivity index (χ3v) is 6.79. The maximum atomic E-state index is 12.7. The number of benzene rings is 1. The summed E-state index contributed by atoms with van der Waals surface area (Å²) >= 11 is 3.37. The normalized spacial score (nSPS) is 15.3. The summed E-state index contributed by atoms with van der Waals surface area (Å²) in [4.78, 5) is 18.7. The van der Waals surface area contributed by atoms with Crippen molar-refractivity contribution in [2.24, 2.45) is 0 Å². The maximum Gasteiger partial charge on any atom is 0.255 e. The van der Waals surface area contributed by atoms with Gasteiger partial charge < -0.3 is 9.64 Å². The molecule has 2 aromatic rings. The quantitative estimate of drug-likeness (QED) is 0.652. The smallest absolute Gasteiger partial charge is 0.255 e. The Morgan fingerprint density at radius 1 is 1.21 bits per heavy atom. The molecule has 0 atom stereocenters. The zero-order valence-corrected chi connectivity index (χ0v) is 18.6. The second-order valence-electron chi connectivity index (χ2n) is 6.94. The number of nitrogens with zero attached hydrogens (tertiary/aromatic N) is 2. The number of pyridine rings is 1. The number of carbonyl (C=O) groups is 1. The van der Waals surface area contributed by atoms with Crippen molar-refractivity contribution in [1.29, 1.82) is 0 Å². The molecule has 2 heterocycles. The lowest BCUT2D eigenvalue weighted by atomic mass is 10.1. The van der Waals surface area contributed by atoms with Crippen molar-refractivity contribution >= 4 is 31.9 Å². The van der Waals surface area contributed by atoms with Crippen molar-refractivity contribution in [2.75, 3.05) is 18.8 Å². The van der Waals surface area contributed by atoms with Crippen LogP contribution in [0.1, 0.15) is 36.5 Å². The molecule has 156 valence electrons. The molecule has 1 aromatic carbocycles. The number of likely N-dealkylation sites (tertiary alicyclic amines) is 1. The van der Waals surface area contributed by atoms with Crippen LogP contribution in [0.5, 0.6) is 11.6 Å². The highest BCUT2D eigenvalue weighted by atomic mass is 79.9. The predicted octanol–water partition coefficient (Wildman–Crippen LogP) is 3.57. The first-order valence-electron chi connectivity index (χ1n) is 9.55. The van der Waals surface area contributed by atoms with Crippen LogP contribution in [0.4, 0.5) is 0 Å². The molecule has 29 heavy (non-hydrogen) atoms. The van der Waals surface area contributed by atoms with E-state index in [0.29, 0.717) is 49.5 Å². The van der Waals surface area contributed by atoms with Crippen LogP contribution in [0.15, 0.2) is 47.1 Å². The van der Waals surface area contributed by atoms with Gasteiger partial charge in [0.1, 0.15) is 5.75 Å². The van der Waals surface area contributed by atoms with Crippen LogP contribution in [0.3, 0.4) is 0 Å². The highest BCUT2D eigenvalue weighted by Crippen LogP contribution is 2.22. The Labute approximate surface area is 179 Å². The van der Waals surface area contributed by atoms with Gasteiger partial charge in [-0.3, -0.25) is 4.79 Å². The summed E-state index contributed by atoms with van der Waals surface area (Å²) in [6.07, 6.45) is 3.30. The number of carbonyl (C=O) groups excluding carboxylic acids is 1. The largest absolute Gasteiger partial charge is 0.439 e. The number of hydrogen-bond donors (Lipinski definition) is 1. The molecule has 1 N–H and O–H groups in total. The van der Waals surface area contributed by atoms with Crippen molar-refractivity contribution in [3.05, 3.63) is 52.6 Å². The summed E-state index contributed by atoms with van der Waals surface area (Å²) in [5, 5.41) is 0. The number of rotatable bonds is 7. The first-order valence-corrected chi connectivity index (χ1v) is 12.0. The number of hydrogen-bond acceptors (Lipinski definition) is 5. The summed E-state index contributed by atoms with van der Waals surface area (Å²) in [7, 11) is -3.23. The number of aromatic nitrogens is 1. The SMILES string of the molecule is CCCS(=O)(=O)NC1CCN(C(=O)c2ccc(Oc3ccc(Br)cc3)nc2)CC1. The molecule has 0 aliphatic carbocycles. The monoisotopic (exact) mass is 481 g/mol. The number of amides is 1. The van der Waals surface area contributed by atoms with Gasteiger partial charge in [-0.05, 0) is 49.6 Å². The van der Waals surface area contributed by atoms with Crippen molar-refractivity contribution in [2.45, 2.75) is 32.2 Å². The van der Waals surface area contributed by atoms with E-state index < -0.39 is 10.0 Å². The minimum Gasteiger partial charge on any atom is -0.439 e. The highest BCUT2D eigenvalue weighted by molar-refractivity contribution is 9.10. The van der Waals surface area contributed by atoms with Crippen LogP contribution in [-0.2, 0) is 10.0 Å². The van der Waals surface area contributed by atoms with E-state index in [1.807, 2.05) is 31.2 Å². The van der Waals surface area contributed by atoms with Gasteiger partial charge in [0.25, 0.3) is 5.91 Å². The minimum absolute atomic E-state index is 0.109. The Morgan fingerprint density at radius 3 is 2.48 bits per heavy atom. The lowest BCUT2D eigenvalue weighted by molar-refractivity contribution is 0.0711. The lowest BCUT2D eigenvalue weighted by Crippen LogP contribution is -2.47. The number of piperidine rings is 1. The predicted molar refractivity (Wildman–Crippen MR) is 115 cm³/mol. The van der Waals surface area contributed by atoms with E-state index in [2.05, 4.69) is 25.6 Å². The molecule has 0 unspecified atom stereocenters. The molecule has 1 fully saturated rings. The maximum absolute atomic E-state index is 12.7. The zero-order valence-electron chi connectivity index (χ0n) is 16.2. The topological polar surface area (TPSA) is 88.6 Å². The summed E-state index contributed by atoms with van der Waals surface area (Å²) < 4.78 is 33.2. The zero-order chi connectivity index (χ0) is 20.9. The number of ether oxygens (including phenoxy) is 1. The van der Waals surface area contributed by atoms with E-state index in [-0.39, 0.29) is 17.7 Å². The van der Waals surface area contributed by atoms with Gasteiger partial charge in [-0.15, -0.1) is 0 Å². The third-order valence-electron chi connectivity index (χ3n) is 4.62. The van der Waals surface area contributed by atoms with Crippen LogP contribution >= 0.6 is 15.9 Å². The Kier molecular flexibility index (Phi) is 7.26. The average Bonchev–Trinajstić information content (AvgIpc) is 2.70. The van der Waals surface area contributed by atoms with E-state index in [1.54, 1.807) is 17.0 Å². The third kappa shape index (κ3) is 6.25. The van der Waals surface area contributed by atoms with Gasteiger partial charge in [0, 0.05) is 35.9 Å². The van der Waals surface area contributed by atoms with Crippen LogP contribution in [0, 0.1) is 0 Å². The van der Waals surface area contributed by atoms with Crippen LogP contribution < -0.4 is 9.46 Å². The second kappa shape index (κ2) is 9.69. The molecule has 1 aliphatic heterocycles. The fourth-order valence-corrected chi connectivity index (χ4v) is 4.82. The molecule has 1 aliphatic rings. The van der Waals surface area contributed by atoms with Gasteiger partial charge in [-0.25, -0.2) is 18.1 Å². The van der Waals surface area contributed by atoms with Crippen molar-refractivity contribution in [3.63, 3.8) is 0 Å². The number of sulfonamides is 1.